The van der Waals surface area contributed by atoms with Gasteiger partial charge in [-0.25, -0.2) is 0 Å². The van der Waals surface area contributed by atoms with Gasteiger partial charge in [0, 0.05) is 26.1 Å². The van der Waals surface area contributed by atoms with Crippen LogP contribution in [-0.2, 0) is 4.74 Å². The minimum absolute atomic E-state index is 0.0104. The molecule has 1 saturated carbocycles. The Labute approximate surface area is 142 Å². The fraction of sp³-hybridized carbons (Fsp3) is 0.533. The molecule has 1 aromatic rings. The lowest BCUT2D eigenvalue weighted by atomic mass is 9.64. The van der Waals surface area contributed by atoms with Gasteiger partial charge in [-0.2, -0.15) is 0 Å². The zero-order valence-electron chi connectivity index (χ0n) is 11.9. The first-order valence-corrected chi connectivity index (χ1v) is 8.61. The first kappa shape index (κ1) is 16.2. The van der Waals surface area contributed by atoms with Crippen LogP contribution in [0, 0.1) is 8.99 Å². The fourth-order valence-corrected chi connectivity index (χ4v) is 3.46. The number of carbonyl (C=O) groups excluding carboxylic acids is 1. The van der Waals surface area contributed by atoms with E-state index in [0.29, 0.717) is 0 Å². The summed E-state index contributed by atoms with van der Waals surface area (Å²) in [7, 11) is 0. The molecule has 0 saturated heterocycles. The van der Waals surface area contributed by atoms with Crippen LogP contribution in [0.4, 0.5) is 0 Å². The van der Waals surface area contributed by atoms with E-state index >= 15 is 0 Å². The smallest absolute Gasteiger partial charge is 0.252 e. The number of benzene rings is 1. The van der Waals surface area contributed by atoms with E-state index in [2.05, 4.69) is 57.7 Å². The van der Waals surface area contributed by atoms with E-state index in [0.717, 1.165) is 26.6 Å². The van der Waals surface area contributed by atoms with E-state index in [1.807, 2.05) is 25.1 Å². The van der Waals surface area contributed by atoms with Crippen molar-refractivity contribution in [2.45, 2.75) is 39.3 Å². The van der Waals surface area contributed by atoms with Crippen molar-refractivity contribution in [1.82, 2.24) is 5.32 Å². The molecule has 2 rings (SSSR count). The van der Waals surface area contributed by atoms with Gasteiger partial charge >= 0.3 is 0 Å². The summed E-state index contributed by atoms with van der Waals surface area (Å²) in [4.78, 5) is 12.4. The molecule has 2 atom stereocenters. The number of hydrogen-bond acceptors (Lipinski definition) is 2. The predicted octanol–water partition coefficient (Wildman–Crippen LogP) is 3.99. The molecule has 1 fully saturated rings. The molecular formula is C15H19BrINO2. The number of carbonyl (C=O) groups is 1. The van der Waals surface area contributed by atoms with Gasteiger partial charge in [-0.1, -0.05) is 29.8 Å². The van der Waals surface area contributed by atoms with Gasteiger partial charge in [-0.3, -0.25) is 4.79 Å². The largest absolute Gasteiger partial charge is 0.378 e. The Hall–Kier alpha value is -0.140. The molecule has 2 unspecified atom stereocenters. The van der Waals surface area contributed by atoms with Crippen LogP contribution >= 0.6 is 38.5 Å². The Bertz CT molecular complexity index is 519. The molecule has 1 aliphatic carbocycles. The second-order valence-electron chi connectivity index (χ2n) is 5.65. The van der Waals surface area contributed by atoms with Crippen molar-refractivity contribution in [2.24, 2.45) is 5.41 Å². The molecule has 0 bridgehead atoms. The van der Waals surface area contributed by atoms with Crippen molar-refractivity contribution in [1.29, 1.82) is 0 Å². The second-order valence-corrected chi connectivity index (χ2v) is 7.73. The second kappa shape index (κ2) is 6.32. The van der Waals surface area contributed by atoms with Crippen molar-refractivity contribution in [2.75, 3.05) is 6.61 Å². The SMILES string of the molecule is CCOC1CC(NC(=O)c2cc(Br)ccc2I)C1(C)C. The molecule has 0 radical (unpaired) electrons. The summed E-state index contributed by atoms with van der Waals surface area (Å²) in [5.41, 5.74) is 0.707. The molecule has 3 nitrogen and oxygen atoms in total. The van der Waals surface area contributed by atoms with Gasteiger partial charge < -0.3 is 10.1 Å². The Kier molecular flexibility index (Phi) is 5.13. The maximum atomic E-state index is 12.4. The number of rotatable bonds is 4. The van der Waals surface area contributed by atoms with Gasteiger partial charge in [-0.15, -0.1) is 0 Å². The van der Waals surface area contributed by atoms with E-state index in [-0.39, 0.29) is 23.5 Å². The monoisotopic (exact) mass is 451 g/mol. The Morgan fingerprint density at radius 3 is 2.85 bits per heavy atom. The molecule has 0 heterocycles. The Morgan fingerprint density at radius 1 is 1.55 bits per heavy atom. The maximum absolute atomic E-state index is 12.4. The molecule has 5 heteroatoms. The summed E-state index contributed by atoms with van der Waals surface area (Å²) < 4.78 is 7.57. The molecule has 0 spiro atoms. The highest BCUT2D eigenvalue weighted by atomic mass is 127. The number of halogens is 2. The van der Waals surface area contributed by atoms with Crippen molar-refractivity contribution in [3.05, 3.63) is 31.8 Å². The van der Waals surface area contributed by atoms with Crippen molar-refractivity contribution in [3.63, 3.8) is 0 Å². The van der Waals surface area contributed by atoms with Crippen molar-refractivity contribution in [3.8, 4) is 0 Å². The Morgan fingerprint density at radius 2 is 2.25 bits per heavy atom. The minimum atomic E-state index is -0.0108. The van der Waals surface area contributed by atoms with Gasteiger partial charge in [0.05, 0.1) is 11.7 Å². The summed E-state index contributed by atoms with van der Waals surface area (Å²) in [6.07, 6.45) is 1.12. The van der Waals surface area contributed by atoms with Crippen molar-refractivity contribution < 1.29 is 9.53 Å². The van der Waals surface area contributed by atoms with Crippen LogP contribution in [0.15, 0.2) is 22.7 Å². The summed E-state index contributed by atoms with van der Waals surface area (Å²) in [5, 5.41) is 3.13. The highest BCUT2D eigenvalue weighted by molar-refractivity contribution is 14.1. The molecule has 0 aliphatic heterocycles. The first-order chi connectivity index (χ1) is 9.36. The lowest BCUT2D eigenvalue weighted by Gasteiger charge is -2.51. The maximum Gasteiger partial charge on any atom is 0.252 e. The number of ether oxygens (including phenoxy) is 1. The Balaban J connectivity index is 2.05. The van der Waals surface area contributed by atoms with E-state index in [9.17, 15) is 4.79 Å². The van der Waals surface area contributed by atoms with Crippen molar-refractivity contribution >= 4 is 44.4 Å². The van der Waals surface area contributed by atoms with Crippen LogP contribution in [0.2, 0.25) is 0 Å². The molecule has 110 valence electrons. The van der Waals surface area contributed by atoms with E-state index in [4.69, 9.17) is 4.74 Å². The zero-order valence-corrected chi connectivity index (χ0v) is 15.6. The van der Waals surface area contributed by atoms with Gasteiger partial charge in [0.25, 0.3) is 5.91 Å². The third kappa shape index (κ3) is 3.20. The van der Waals surface area contributed by atoms with Gasteiger partial charge in [-0.05, 0) is 54.1 Å². The molecule has 1 amide bonds. The average Bonchev–Trinajstić information content (AvgIpc) is 2.40. The standard InChI is InChI=1S/C15H19BrINO2/c1-4-20-13-8-12(15(13,2)3)18-14(19)10-7-9(16)5-6-11(10)17/h5-7,12-13H,4,8H2,1-3H3,(H,18,19). The lowest BCUT2D eigenvalue weighted by molar-refractivity contribution is -0.111. The van der Waals surface area contributed by atoms with Crippen LogP contribution in [0.5, 0.6) is 0 Å². The van der Waals surface area contributed by atoms with E-state index < -0.39 is 0 Å². The van der Waals surface area contributed by atoms with Gasteiger partial charge in [0.1, 0.15) is 0 Å². The molecule has 1 aromatic carbocycles. The van der Waals surface area contributed by atoms with E-state index in [1.165, 1.54) is 0 Å². The number of amides is 1. The quantitative estimate of drug-likeness (QED) is 0.703. The number of nitrogens with one attached hydrogen (secondary N) is 1. The van der Waals surface area contributed by atoms with Crippen LogP contribution in [-0.4, -0.2) is 24.7 Å². The van der Waals surface area contributed by atoms with Gasteiger partial charge in [0.2, 0.25) is 0 Å². The fourth-order valence-electron chi connectivity index (χ4n) is 2.52. The molecule has 0 aromatic heterocycles. The normalized spacial score (nSPS) is 24.1. The molecule has 1 aliphatic rings. The average molecular weight is 452 g/mol. The highest BCUT2D eigenvalue weighted by Crippen LogP contribution is 2.42. The van der Waals surface area contributed by atoms with Crippen LogP contribution in [0.25, 0.3) is 0 Å². The van der Waals surface area contributed by atoms with Crippen LogP contribution in [0.3, 0.4) is 0 Å². The topological polar surface area (TPSA) is 38.3 Å². The summed E-state index contributed by atoms with van der Waals surface area (Å²) in [6, 6.07) is 5.91. The number of hydrogen-bond donors (Lipinski definition) is 1. The zero-order chi connectivity index (χ0) is 14.9. The first-order valence-electron chi connectivity index (χ1n) is 6.73. The molecule has 20 heavy (non-hydrogen) atoms. The summed E-state index contributed by atoms with van der Waals surface area (Å²) >= 11 is 5.60. The molecule has 1 N–H and O–H groups in total. The van der Waals surface area contributed by atoms with Crippen LogP contribution in [0.1, 0.15) is 37.6 Å². The third-order valence-electron chi connectivity index (χ3n) is 4.02. The predicted molar refractivity (Wildman–Crippen MR) is 91.9 cm³/mol. The van der Waals surface area contributed by atoms with Gasteiger partial charge in [0.15, 0.2) is 0 Å². The van der Waals surface area contributed by atoms with E-state index in [1.54, 1.807) is 0 Å². The third-order valence-corrected chi connectivity index (χ3v) is 5.46. The summed E-state index contributed by atoms with van der Waals surface area (Å²) in [5.74, 6) is -0.0104. The lowest BCUT2D eigenvalue weighted by Crippen LogP contribution is -2.62. The summed E-state index contributed by atoms with van der Waals surface area (Å²) in [6.45, 7) is 7.02. The minimum Gasteiger partial charge on any atom is -0.378 e. The highest BCUT2D eigenvalue weighted by Gasteiger charge is 2.49. The van der Waals surface area contributed by atoms with Crippen LogP contribution < -0.4 is 5.32 Å². The molecular weight excluding hydrogens is 433 g/mol.